The van der Waals surface area contributed by atoms with Gasteiger partial charge in [-0.1, -0.05) is 30.3 Å². The minimum atomic E-state index is -0.934. The topological polar surface area (TPSA) is 66.4 Å². The summed E-state index contributed by atoms with van der Waals surface area (Å²) in [5.74, 6) is -1.00. The summed E-state index contributed by atoms with van der Waals surface area (Å²) in [5.41, 5.74) is 1.11. The van der Waals surface area contributed by atoms with Gasteiger partial charge in [-0.2, -0.15) is 0 Å². The Labute approximate surface area is 94.3 Å². The molecule has 0 radical (unpaired) electrons. The molecular weight excluding hydrogens is 206 g/mol. The summed E-state index contributed by atoms with van der Waals surface area (Å²) in [7, 11) is 0. The molecule has 0 atom stereocenters. The van der Waals surface area contributed by atoms with Crippen molar-refractivity contribution in [3.63, 3.8) is 0 Å². The quantitative estimate of drug-likeness (QED) is 0.726. The minimum Gasteiger partial charge on any atom is -0.481 e. The highest BCUT2D eigenvalue weighted by molar-refractivity contribution is 5.83. The lowest BCUT2D eigenvalue weighted by Crippen LogP contribution is -2.22. The maximum Gasteiger partial charge on any atom is 0.303 e. The van der Waals surface area contributed by atoms with Crippen molar-refractivity contribution in [3.8, 4) is 0 Å². The van der Waals surface area contributed by atoms with Gasteiger partial charge in [-0.05, 0) is 5.56 Å². The van der Waals surface area contributed by atoms with Gasteiger partial charge < -0.3 is 10.4 Å². The molecule has 0 amide bonds. The van der Waals surface area contributed by atoms with E-state index in [0.29, 0.717) is 6.54 Å². The van der Waals surface area contributed by atoms with Gasteiger partial charge >= 0.3 is 5.97 Å². The third-order valence-corrected chi connectivity index (χ3v) is 2.11. The van der Waals surface area contributed by atoms with Crippen molar-refractivity contribution in [1.82, 2.24) is 5.32 Å². The van der Waals surface area contributed by atoms with Crippen molar-refractivity contribution in [2.45, 2.75) is 19.4 Å². The Morgan fingerprint density at radius 1 is 1.12 bits per heavy atom. The first kappa shape index (κ1) is 12.4. The standard InChI is InChI=1S/C12H15NO3/c14-11(6-7-12(15)16)9-13-8-10-4-2-1-3-5-10/h1-5,13H,6-9H2,(H,15,16). The van der Waals surface area contributed by atoms with Crippen LogP contribution in [0.2, 0.25) is 0 Å². The van der Waals surface area contributed by atoms with Crippen molar-refractivity contribution in [1.29, 1.82) is 0 Å². The highest BCUT2D eigenvalue weighted by Crippen LogP contribution is 1.97. The molecule has 0 aliphatic rings. The van der Waals surface area contributed by atoms with Crippen LogP contribution >= 0.6 is 0 Å². The molecule has 1 aromatic rings. The third kappa shape index (κ3) is 5.26. The Kier molecular flexibility index (Phi) is 5.22. The van der Waals surface area contributed by atoms with Crippen LogP contribution in [0.3, 0.4) is 0 Å². The van der Waals surface area contributed by atoms with E-state index < -0.39 is 5.97 Å². The van der Waals surface area contributed by atoms with Crippen LogP contribution < -0.4 is 5.32 Å². The average Bonchev–Trinajstić information content (AvgIpc) is 2.28. The summed E-state index contributed by atoms with van der Waals surface area (Å²) < 4.78 is 0. The zero-order valence-corrected chi connectivity index (χ0v) is 8.98. The third-order valence-electron chi connectivity index (χ3n) is 2.11. The Morgan fingerprint density at radius 2 is 1.81 bits per heavy atom. The molecule has 0 saturated carbocycles. The molecular formula is C12H15NO3. The summed E-state index contributed by atoms with van der Waals surface area (Å²) in [6, 6.07) is 9.73. The van der Waals surface area contributed by atoms with E-state index in [1.54, 1.807) is 0 Å². The number of ketones is 1. The predicted molar refractivity (Wildman–Crippen MR) is 60.0 cm³/mol. The fraction of sp³-hybridized carbons (Fsp3) is 0.333. The molecule has 0 aromatic heterocycles. The van der Waals surface area contributed by atoms with Crippen molar-refractivity contribution in [2.75, 3.05) is 6.54 Å². The number of carboxylic acid groups (broad SMARTS) is 1. The molecule has 86 valence electrons. The molecule has 0 aliphatic heterocycles. The number of aliphatic carboxylic acids is 1. The van der Waals surface area contributed by atoms with E-state index in [9.17, 15) is 9.59 Å². The molecule has 2 N–H and O–H groups in total. The monoisotopic (exact) mass is 221 g/mol. The maximum atomic E-state index is 11.2. The van der Waals surface area contributed by atoms with Gasteiger partial charge in [-0.3, -0.25) is 9.59 Å². The highest BCUT2D eigenvalue weighted by Gasteiger charge is 2.04. The molecule has 0 saturated heterocycles. The zero-order valence-electron chi connectivity index (χ0n) is 8.98. The molecule has 0 unspecified atom stereocenters. The maximum absolute atomic E-state index is 11.2. The summed E-state index contributed by atoms with van der Waals surface area (Å²) in [5, 5.41) is 11.4. The van der Waals surface area contributed by atoms with Crippen LogP contribution in [0.5, 0.6) is 0 Å². The highest BCUT2D eigenvalue weighted by atomic mass is 16.4. The normalized spacial score (nSPS) is 10.0. The van der Waals surface area contributed by atoms with Crippen LogP contribution in [0.25, 0.3) is 0 Å². The first-order valence-electron chi connectivity index (χ1n) is 5.16. The van der Waals surface area contributed by atoms with Crippen LogP contribution in [-0.4, -0.2) is 23.4 Å². The van der Waals surface area contributed by atoms with Crippen LogP contribution in [0.15, 0.2) is 30.3 Å². The van der Waals surface area contributed by atoms with Gasteiger partial charge in [-0.25, -0.2) is 0 Å². The average molecular weight is 221 g/mol. The van der Waals surface area contributed by atoms with Gasteiger partial charge in [0.2, 0.25) is 0 Å². The molecule has 1 rings (SSSR count). The second-order valence-electron chi connectivity index (χ2n) is 3.52. The van der Waals surface area contributed by atoms with E-state index >= 15 is 0 Å². The van der Waals surface area contributed by atoms with E-state index in [0.717, 1.165) is 5.56 Å². The smallest absolute Gasteiger partial charge is 0.303 e. The molecule has 0 spiro atoms. The summed E-state index contributed by atoms with van der Waals surface area (Å²) in [6.07, 6.45) is 0.00295. The Morgan fingerprint density at radius 3 is 2.44 bits per heavy atom. The second-order valence-corrected chi connectivity index (χ2v) is 3.52. The van der Waals surface area contributed by atoms with Gasteiger partial charge in [0.05, 0.1) is 13.0 Å². The Bertz CT molecular complexity index is 349. The number of carbonyl (C=O) groups excluding carboxylic acids is 1. The lowest BCUT2D eigenvalue weighted by Gasteiger charge is -2.03. The fourth-order valence-corrected chi connectivity index (χ4v) is 1.28. The molecule has 4 nitrogen and oxygen atoms in total. The van der Waals surface area contributed by atoms with Crippen molar-refractivity contribution in [3.05, 3.63) is 35.9 Å². The van der Waals surface area contributed by atoms with Crippen molar-refractivity contribution >= 4 is 11.8 Å². The fourth-order valence-electron chi connectivity index (χ4n) is 1.28. The summed E-state index contributed by atoms with van der Waals surface area (Å²) >= 11 is 0. The predicted octanol–water partition coefficient (Wildman–Crippen LogP) is 1.21. The molecule has 1 aromatic carbocycles. The second kappa shape index (κ2) is 6.74. The Balaban J connectivity index is 2.16. The van der Waals surface area contributed by atoms with E-state index in [-0.39, 0.29) is 25.2 Å². The molecule has 0 heterocycles. The van der Waals surface area contributed by atoms with Gasteiger partial charge in [-0.15, -0.1) is 0 Å². The van der Waals surface area contributed by atoms with E-state index in [1.165, 1.54) is 0 Å². The number of carbonyl (C=O) groups is 2. The molecule has 0 bridgehead atoms. The largest absolute Gasteiger partial charge is 0.481 e. The first-order chi connectivity index (χ1) is 7.68. The molecule has 16 heavy (non-hydrogen) atoms. The molecule has 0 fully saturated rings. The minimum absolute atomic E-state index is 0.0710. The van der Waals surface area contributed by atoms with E-state index in [4.69, 9.17) is 5.11 Å². The van der Waals surface area contributed by atoms with Crippen molar-refractivity contribution in [2.24, 2.45) is 0 Å². The van der Waals surface area contributed by atoms with Crippen LogP contribution in [0, 0.1) is 0 Å². The van der Waals surface area contributed by atoms with Crippen LogP contribution in [0.1, 0.15) is 18.4 Å². The molecule has 0 aliphatic carbocycles. The van der Waals surface area contributed by atoms with Gasteiger partial charge in [0.1, 0.15) is 5.78 Å². The number of hydrogen-bond donors (Lipinski definition) is 2. The zero-order chi connectivity index (χ0) is 11.8. The molecule has 4 heteroatoms. The number of Topliss-reactive ketones (excluding diaryl/α,β-unsaturated/α-hetero) is 1. The van der Waals surface area contributed by atoms with Crippen LogP contribution in [0.4, 0.5) is 0 Å². The number of benzene rings is 1. The first-order valence-corrected chi connectivity index (χ1v) is 5.16. The number of hydrogen-bond acceptors (Lipinski definition) is 3. The number of carboxylic acids is 1. The summed E-state index contributed by atoms with van der Waals surface area (Å²) in [6.45, 7) is 0.849. The van der Waals surface area contributed by atoms with Gasteiger partial charge in [0.25, 0.3) is 0 Å². The SMILES string of the molecule is O=C(O)CCC(=O)CNCc1ccccc1. The summed E-state index contributed by atoms with van der Waals surface area (Å²) in [4.78, 5) is 21.4. The van der Waals surface area contributed by atoms with Crippen molar-refractivity contribution < 1.29 is 14.7 Å². The lowest BCUT2D eigenvalue weighted by molar-refractivity contribution is -0.138. The van der Waals surface area contributed by atoms with Gasteiger partial charge in [0, 0.05) is 13.0 Å². The number of rotatable bonds is 7. The Hall–Kier alpha value is -1.68. The number of nitrogens with one attached hydrogen (secondary N) is 1. The van der Waals surface area contributed by atoms with E-state index in [2.05, 4.69) is 5.32 Å². The lowest BCUT2D eigenvalue weighted by atomic mass is 10.2. The van der Waals surface area contributed by atoms with E-state index in [1.807, 2.05) is 30.3 Å². The van der Waals surface area contributed by atoms with Crippen LogP contribution in [-0.2, 0) is 16.1 Å². The van der Waals surface area contributed by atoms with Gasteiger partial charge in [0.15, 0.2) is 0 Å².